The van der Waals surface area contributed by atoms with Crippen LogP contribution in [0.4, 0.5) is 0 Å². The van der Waals surface area contributed by atoms with Crippen LogP contribution in [0.1, 0.15) is 36.0 Å². The lowest BCUT2D eigenvalue weighted by atomic mass is 10.1. The van der Waals surface area contributed by atoms with Gasteiger partial charge in [0.05, 0.1) is 5.56 Å². The molecule has 0 saturated heterocycles. The van der Waals surface area contributed by atoms with Gasteiger partial charge in [0.15, 0.2) is 0 Å². The second-order valence-corrected chi connectivity index (χ2v) is 5.26. The van der Waals surface area contributed by atoms with Gasteiger partial charge in [-0.25, -0.2) is 4.98 Å². The predicted octanol–water partition coefficient (Wildman–Crippen LogP) is 2.91. The maximum absolute atomic E-state index is 12.9. The van der Waals surface area contributed by atoms with Gasteiger partial charge in [-0.05, 0) is 25.0 Å². The van der Waals surface area contributed by atoms with Gasteiger partial charge in [-0.2, -0.15) is 0 Å². The van der Waals surface area contributed by atoms with Gasteiger partial charge in [0.2, 0.25) is 0 Å². The van der Waals surface area contributed by atoms with E-state index in [9.17, 15) is 4.79 Å². The number of aromatic nitrogens is 2. The van der Waals surface area contributed by atoms with Crippen molar-refractivity contribution in [1.29, 1.82) is 0 Å². The third kappa shape index (κ3) is 2.22. The van der Waals surface area contributed by atoms with E-state index in [1.165, 1.54) is 12.8 Å². The summed E-state index contributed by atoms with van der Waals surface area (Å²) in [5, 5.41) is 0. The van der Waals surface area contributed by atoms with E-state index in [0.29, 0.717) is 18.2 Å². The van der Waals surface area contributed by atoms with Crippen molar-refractivity contribution in [3.63, 3.8) is 0 Å². The number of carbonyl (C=O) groups excluding carboxylic acids is 1. The standard InChI is InChI=1S/C16H19N3O/c1-2-10-19(13-6-3-4-7-13)16(20)14-8-5-11-18-12-9-17-15(14)18/h2,5,8-9,11-13H,1,3-4,6-7,10H2. The van der Waals surface area contributed by atoms with Crippen molar-refractivity contribution in [2.45, 2.75) is 31.7 Å². The van der Waals surface area contributed by atoms with Crippen molar-refractivity contribution in [1.82, 2.24) is 14.3 Å². The monoisotopic (exact) mass is 269 g/mol. The summed E-state index contributed by atoms with van der Waals surface area (Å²) in [6.07, 6.45) is 11.9. The molecule has 0 aliphatic heterocycles. The van der Waals surface area contributed by atoms with Crippen LogP contribution in [0.3, 0.4) is 0 Å². The Hall–Kier alpha value is -2.10. The molecule has 2 heterocycles. The summed E-state index contributed by atoms with van der Waals surface area (Å²) in [7, 11) is 0. The summed E-state index contributed by atoms with van der Waals surface area (Å²) in [5.74, 6) is 0.0635. The summed E-state index contributed by atoms with van der Waals surface area (Å²) in [5.41, 5.74) is 1.40. The summed E-state index contributed by atoms with van der Waals surface area (Å²) in [6, 6.07) is 4.09. The molecule has 20 heavy (non-hydrogen) atoms. The van der Waals surface area contributed by atoms with Gasteiger partial charge in [0.25, 0.3) is 5.91 Å². The number of hydrogen-bond donors (Lipinski definition) is 0. The lowest BCUT2D eigenvalue weighted by molar-refractivity contribution is 0.0708. The number of amides is 1. The normalized spacial score (nSPS) is 15.6. The second kappa shape index (κ2) is 5.49. The molecule has 1 amide bonds. The third-order valence-electron chi connectivity index (χ3n) is 4.00. The number of rotatable bonds is 4. The first-order valence-electron chi connectivity index (χ1n) is 7.15. The Labute approximate surface area is 118 Å². The maximum Gasteiger partial charge on any atom is 0.258 e. The minimum Gasteiger partial charge on any atom is -0.332 e. The molecule has 104 valence electrons. The molecule has 1 aliphatic rings. The van der Waals surface area contributed by atoms with Crippen molar-refractivity contribution >= 4 is 11.6 Å². The Bertz CT molecular complexity index is 625. The smallest absolute Gasteiger partial charge is 0.258 e. The summed E-state index contributed by atoms with van der Waals surface area (Å²) in [4.78, 5) is 19.1. The average Bonchev–Trinajstić information content (AvgIpc) is 3.14. The van der Waals surface area contributed by atoms with Crippen LogP contribution >= 0.6 is 0 Å². The zero-order chi connectivity index (χ0) is 13.9. The fraction of sp³-hybridized carbons (Fsp3) is 0.375. The zero-order valence-corrected chi connectivity index (χ0v) is 11.5. The van der Waals surface area contributed by atoms with E-state index < -0.39 is 0 Å². The van der Waals surface area contributed by atoms with Crippen LogP contribution < -0.4 is 0 Å². The molecule has 0 bridgehead atoms. The van der Waals surface area contributed by atoms with Gasteiger partial charge in [0.1, 0.15) is 5.65 Å². The van der Waals surface area contributed by atoms with Crippen molar-refractivity contribution in [3.05, 3.63) is 48.9 Å². The van der Waals surface area contributed by atoms with Crippen LogP contribution in [0.15, 0.2) is 43.4 Å². The zero-order valence-electron chi connectivity index (χ0n) is 11.5. The quantitative estimate of drug-likeness (QED) is 0.800. The predicted molar refractivity (Wildman–Crippen MR) is 78.7 cm³/mol. The molecule has 3 rings (SSSR count). The largest absolute Gasteiger partial charge is 0.332 e. The Morgan fingerprint density at radius 1 is 1.45 bits per heavy atom. The molecule has 1 fully saturated rings. The van der Waals surface area contributed by atoms with E-state index in [2.05, 4.69) is 11.6 Å². The minimum atomic E-state index is 0.0635. The lowest BCUT2D eigenvalue weighted by Crippen LogP contribution is -2.39. The highest BCUT2D eigenvalue weighted by Gasteiger charge is 2.27. The molecule has 0 atom stereocenters. The van der Waals surface area contributed by atoms with Gasteiger partial charge >= 0.3 is 0 Å². The number of imidazole rings is 1. The maximum atomic E-state index is 12.9. The summed E-state index contributed by atoms with van der Waals surface area (Å²) < 4.78 is 1.88. The van der Waals surface area contributed by atoms with Crippen molar-refractivity contribution in [2.24, 2.45) is 0 Å². The van der Waals surface area contributed by atoms with E-state index in [1.54, 1.807) is 6.20 Å². The van der Waals surface area contributed by atoms with Gasteiger partial charge in [-0.1, -0.05) is 18.9 Å². The second-order valence-electron chi connectivity index (χ2n) is 5.26. The fourth-order valence-electron chi connectivity index (χ4n) is 3.02. The van der Waals surface area contributed by atoms with Gasteiger partial charge in [-0.3, -0.25) is 4.79 Å². The topological polar surface area (TPSA) is 37.6 Å². The van der Waals surface area contributed by atoms with Gasteiger partial charge in [0, 0.05) is 31.2 Å². The average molecular weight is 269 g/mol. The van der Waals surface area contributed by atoms with Crippen LogP contribution in [0.2, 0.25) is 0 Å². The Kier molecular flexibility index (Phi) is 3.54. The number of pyridine rings is 1. The molecule has 0 radical (unpaired) electrons. The fourth-order valence-corrected chi connectivity index (χ4v) is 3.02. The van der Waals surface area contributed by atoms with Crippen LogP contribution in [-0.2, 0) is 0 Å². The number of fused-ring (bicyclic) bond motifs is 1. The molecule has 0 unspecified atom stereocenters. The van der Waals surface area contributed by atoms with E-state index >= 15 is 0 Å². The van der Waals surface area contributed by atoms with Crippen LogP contribution in [0.25, 0.3) is 5.65 Å². The SMILES string of the molecule is C=CCN(C(=O)c1cccn2ccnc12)C1CCCC1. The number of hydrogen-bond acceptors (Lipinski definition) is 2. The molecule has 4 nitrogen and oxygen atoms in total. The highest BCUT2D eigenvalue weighted by atomic mass is 16.2. The molecule has 0 aromatic carbocycles. The van der Waals surface area contributed by atoms with Gasteiger partial charge in [-0.15, -0.1) is 6.58 Å². The van der Waals surface area contributed by atoms with Gasteiger partial charge < -0.3 is 9.30 Å². The molecule has 1 aliphatic carbocycles. The molecule has 0 N–H and O–H groups in total. The van der Waals surface area contributed by atoms with E-state index in [0.717, 1.165) is 18.5 Å². The minimum absolute atomic E-state index is 0.0635. The summed E-state index contributed by atoms with van der Waals surface area (Å²) >= 11 is 0. The first-order chi connectivity index (χ1) is 9.81. The molecular weight excluding hydrogens is 250 g/mol. The molecule has 0 spiro atoms. The molecule has 2 aromatic heterocycles. The molecular formula is C16H19N3O. The Morgan fingerprint density at radius 2 is 2.25 bits per heavy atom. The van der Waals surface area contributed by atoms with Crippen LogP contribution in [-0.4, -0.2) is 32.8 Å². The Morgan fingerprint density at radius 3 is 3.00 bits per heavy atom. The Balaban J connectivity index is 1.96. The van der Waals surface area contributed by atoms with Crippen LogP contribution in [0.5, 0.6) is 0 Å². The first kappa shape index (κ1) is 12.9. The molecule has 4 heteroatoms. The molecule has 1 saturated carbocycles. The van der Waals surface area contributed by atoms with Crippen LogP contribution in [0, 0.1) is 0 Å². The van der Waals surface area contributed by atoms with Crippen molar-refractivity contribution in [3.8, 4) is 0 Å². The number of carbonyl (C=O) groups is 1. The third-order valence-corrected chi connectivity index (χ3v) is 4.00. The number of nitrogens with zero attached hydrogens (tertiary/aromatic N) is 3. The highest BCUT2D eigenvalue weighted by Crippen LogP contribution is 2.25. The summed E-state index contributed by atoms with van der Waals surface area (Å²) in [6.45, 7) is 4.39. The van der Waals surface area contributed by atoms with E-state index in [1.807, 2.05) is 39.9 Å². The highest BCUT2D eigenvalue weighted by molar-refractivity contribution is 6.00. The van der Waals surface area contributed by atoms with E-state index in [4.69, 9.17) is 0 Å². The van der Waals surface area contributed by atoms with Crippen molar-refractivity contribution < 1.29 is 4.79 Å². The van der Waals surface area contributed by atoms with E-state index in [-0.39, 0.29) is 5.91 Å². The van der Waals surface area contributed by atoms with Crippen molar-refractivity contribution in [2.75, 3.05) is 6.54 Å². The molecule has 2 aromatic rings. The first-order valence-corrected chi connectivity index (χ1v) is 7.15. The lowest BCUT2D eigenvalue weighted by Gasteiger charge is -2.28.